The molecule has 0 aliphatic heterocycles. The molecule has 10 heavy (non-hydrogen) atoms. The van der Waals surface area contributed by atoms with E-state index in [1.807, 2.05) is 20.8 Å². The van der Waals surface area contributed by atoms with Crippen molar-refractivity contribution in [1.29, 1.82) is 0 Å². The molecule has 0 amide bonds. The molecule has 0 N–H and O–H groups in total. The smallest absolute Gasteiger partial charge is 0.162 e. The number of hydrogen-bond donors (Lipinski definition) is 0. The van der Waals surface area contributed by atoms with Gasteiger partial charge in [-0.15, -0.1) is 0 Å². The molecule has 0 unspecified atom stereocenters. The van der Waals surface area contributed by atoms with Gasteiger partial charge in [-0.2, -0.15) is 0 Å². The van der Waals surface area contributed by atoms with Gasteiger partial charge in [-0.1, -0.05) is 6.92 Å². The van der Waals surface area contributed by atoms with Gasteiger partial charge in [0.25, 0.3) is 0 Å². The normalized spacial score (nSPS) is 15.3. The number of methoxy groups -OCH3 is 1. The third-order valence-corrected chi connectivity index (χ3v) is 1.55. The van der Waals surface area contributed by atoms with Crippen molar-refractivity contribution in [2.75, 3.05) is 7.11 Å². The average molecular weight is 146 g/mol. The summed E-state index contributed by atoms with van der Waals surface area (Å²) in [5.41, 5.74) is 0. The van der Waals surface area contributed by atoms with Gasteiger partial charge in [-0.05, 0) is 27.2 Å². The van der Waals surface area contributed by atoms with Crippen molar-refractivity contribution in [3.63, 3.8) is 0 Å². The summed E-state index contributed by atoms with van der Waals surface area (Å²) >= 11 is 0. The van der Waals surface area contributed by atoms with Crippen LogP contribution in [0.4, 0.5) is 0 Å². The summed E-state index contributed by atoms with van der Waals surface area (Å²) < 4.78 is 10.6. The predicted octanol–water partition coefficient (Wildman–Crippen LogP) is 2.18. The van der Waals surface area contributed by atoms with E-state index >= 15 is 0 Å². The maximum absolute atomic E-state index is 5.51. The van der Waals surface area contributed by atoms with E-state index in [9.17, 15) is 0 Å². The fraction of sp³-hybridized carbons (Fsp3) is 1.00. The Labute approximate surface area is 63.5 Å². The zero-order valence-corrected chi connectivity index (χ0v) is 7.60. The average Bonchev–Trinajstić information content (AvgIpc) is 1.87. The Kier molecular flexibility index (Phi) is 3.91. The van der Waals surface area contributed by atoms with Crippen LogP contribution < -0.4 is 0 Å². The highest BCUT2D eigenvalue weighted by Crippen LogP contribution is 2.13. The third-order valence-electron chi connectivity index (χ3n) is 1.55. The van der Waals surface area contributed by atoms with Crippen LogP contribution in [0.2, 0.25) is 0 Å². The van der Waals surface area contributed by atoms with Crippen molar-refractivity contribution < 1.29 is 9.47 Å². The van der Waals surface area contributed by atoms with Gasteiger partial charge in [0.15, 0.2) is 5.79 Å². The van der Waals surface area contributed by atoms with Crippen LogP contribution in [-0.2, 0) is 9.47 Å². The fourth-order valence-electron chi connectivity index (χ4n) is 0.616. The van der Waals surface area contributed by atoms with E-state index in [0.29, 0.717) is 0 Å². The van der Waals surface area contributed by atoms with Gasteiger partial charge in [-0.3, -0.25) is 0 Å². The molecule has 62 valence electrons. The second-order valence-corrected chi connectivity index (χ2v) is 2.94. The lowest BCUT2D eigenvalue weighted by molar-refractivity contribution is -0.219. The van der Waals surface area contributed by atoms with Gasteiger partial charge >= 0.3 is 0 Å². The highest BCUT2D eigenvalue weighted by Gasteiger charge is 2.18. The monoisotopic (exact) mass is 146 g/mol. The van der Waals surface area contributed by atoms with E-state index in [1.54, 1.807) is 7.11 Å². The van der Waals surface area contributed by atoms with Crippen LogP contribution in [0.1, 0.15) is 34.1 Å². The first-order valence-corrected chi connectivity index (χ1v) is 3.74. The third kappa shape index (κ3) is 3.85. The van der Waals surface area contributed by atoms with Crippen LogP contribution in [0.15, 0.2) is 0 Å². The summed E-state index contributed by atoms with van der Waals surface area (Å²) in [6, 6.07) is 0. The lowest BCUT2D eigenvalue weighted by Crippen LogP contribution is -2.30. The molecule has 0 rings (SSSR count). The van der Waals surface area contributed by atoms with E-state index in [2.05, 4.69) is 6.92 Å². The SMILES string of the molecule is CC[C@@H](C)OC(C)(C)OC. The van der Waals surface area contributed by atoms with Gasteiger partial charge in [0, 0.05) is 7.11 Å². The van der Waals surface area contributed by atoms with Crippen molar-refractivity contribution in [1.82, 2.24) is 0 Å². The summed E-state index contributed by atoms with van der Waals surface area (Å²) in [6.45, 7) is 7.97. The standard InChI is InChI=1S/C8H18O2/c1-6-7(2)10-8(3,4)9-5/h7H,6H2,1-5H3/t7-/m1/s1. The quantitative estimate of drug-likeness (QED) is 0.566. The van der Waals surface area contributed by atoms with Gasteiger partial charge in [-0.25, -0.2) is 0 Å². The Morgan fingerprint density at radius 1 is 1.40 bits per heavy atom. The van der Waals surface area contributed by atoms with Crippen molar-refractivity contribution >= 4 is 0 Å². The summed E-state index contributed by atoms with van der Waals surface area (Å²) in [5.74, 6) is -0.435. The molecule has 0 spiro atoms. The Balaban J connectivity index is 3.64. The highest BCUT2D eigenvalue weighted by atomic mass is 16.7. The molecule has 0 bridgehead atoms. The molecule has 0 radical (unpaired) electrons. The molecule has 0 aliphatic rings. The summed E-state index contributed by atoms with van der Waals surface area (Å²) in [7, 11) is 1.66. The largest absolute Gasteiger partial charge is 0.354 e. The predicted molar refractivity (Wildman–Crippen MR) is 41.9 cm³/mol. The first kappa shape index (κ1) is 9.92. The Hall–Kier alpha value is -0.0800. The van der Waals surface area contributed by atoms with Crippen molar-refractivity contribution in [3.8, 4) is 0 Å². The minimum atomic E-state index is -0.435. The molecular formula is C8H18O2. The van der Waals surface area contributed by atoms with Crippen LogP contribution in [0, 0.1) is 0 Å². The van der Waals surface area contributed by atoms with E-state index in [0.717, 1.165) is 6.42 Å². The van der Waals surface area contributed by atoms with E-state index in [-0.39, 0.29) is 6.10 Å². The first-order valence-electron chi connectivity index (χ1n) is 3.74. The minimum Gasteiger partial charge on any atom is -0.354 e. The van der Waals surface area contributed by atoms with Gasteiger partial charge < -0.3 is 9.47 Å². The summed E-state index contributed by atoms with van der Waals surface area (Å²) in [6.07, 6.45) is 1.29. The van der Waals surface area contributed by atoms with E-state index in [1.165, 1.54) is 0 Å². The first-order chi connectivity index (χ1) is 4.52. The number of ether oxygens (including phenoxy) is 2. The van der Waals surface area contributed by atoms with Crippen molar-refractivity contribution in [2.45, 2.75) is 46.0 Å². The van der Waals surface area contributed by atoms with Crippen molar-refractivity contribution in [3.05, 3.63) is 0 Å². The molecular weight excluding hydrogens is 128 g/mol. The maximum atomic E-state index is 5.51. The van der Waals surface area contributed by atoms with Gasteiger partial charge in [0.05, 0.1) is 6.10 Å². The zero-order chi connectivity index (χ0) is 8.20. The summed E-state index contributed by atoms with van der Waals surface area (Å²) in [4.78, 5) is 0. The van der Waals surface area contributed by atoms with Gasteiger partial charge in [0.1, 0.15) is 0 Å². The Morgan fingerprint density at radius 2 is 1.90 bits per heavy atom. The molecule has 0 aromatic carbocycles. The van der Waals surface area contributed by atoms with Crippen LogP contribution in [0.3, 0.4) is 0 Å². The molecule has 0 saturated carbocycles. The molecule has 0 aromatic heterocycles. The molecule has 0 aromatic rings. The highest BCUT2D eigenvalue weighted by molar-refractivity contribution is 4.55. The molecule has 0 aliphatic carbocycles. The van der Waals surface area contributed by atoms with E-state index < -0.39 is 5.79 Å². The maximum Gasteiger partial charge on any atom is 0.162 e. The van der Waals surface area contributed by atoms with Crippen LogP contribution in [0.25, 0.3) is 0 Å². The molecule has 0 fully saturated rings. The van der Waals surface area contributed by atoms with Crippen LogP contribution in [-0.4, -0.2) is 19.0 Å². The molecule has 1 atom stereocenters. The minimum absolute atomic E-state index is 0.273. The molecule has 2 nitrogen and oxygen atoms in total. The number of hydrogen-bond acceptors (Lipinski definition) is 2. The lowest BCUT2D eigenvalue weighted by atomic mass is 10.3. The van der Waals surface area contributed by atoms with Crippen LogP contribution >= 0.6 is 0 Å². The lowest BCUT2D eigenvalue weighted by Gasteiger charge is -2.26. The molecule has 0 saturated heterocycles. The topological polar surface area (TPSA) is 18.5 Å². The van der Waals surface area contributed by atoms with Crippen LogP contribution in [0.5, 0.6) is 0 Å². The number of rotatable bonds is 4. The van der Waals surface area contributed by atoms with Crippen molar-refractivity contribution in [2.24, 2.45) is 0 Å². The fourth-order valence-corrected chi connectivity index (χ4v) is 0.616. The zero-order valence-electron chi connectivity index (χ0n) is 7.60. The Bertz CT molecular complexity index is 89.3. The Morgan fingerprint density at radius 3 is 2.20 bits per heavy atom. The second kappa shape index (κ2) is 3.94. The molecule has 0 heterocycles. The summed E-state index contributed by atoms with van der Waals surface area (Å²) in [5, 5.41) is 0. The van der Waals surface area contributed by atoms with Gasteiger partial charge in [0.2, 0.25) is 0 Å². The second-order valence-electron chi connectivity index (χ2n) is 2.94. The van der Waals surface area contributed by atoms with E-state index in [4.69, 9.17) is 9.47 Å². The molecule has 2 heteroatoms.